The Labute approximate surface area is 121 Å². The van der Waals surface area contributed by atoms with Gasteiger partial charge >= 0.3 is 0 Å². The highest BCUT2D eigenvalue weighted by atomic mass is 16.5. The van der Waals surface area contributed by atoms with Crippen molar-refractivity contribution in [2.24, 2.45) is 0 Å². The van der Waals surface area contributed by atoms with Gasteiger partial charge < -0.3 is 10.1 Å². The molecule has 0 saturated carbocycles. The second-order valence-corrected chi connectivity index (χ2v) is 5.37. The minimum absolute atomic E-state index is 0.833. The Balaban J connectivity index is 2.19. The molecule has 0 aromatic heterocycles. The standard InChI is InChI=1S/C18H23NO/c1-12-6-8-16(14(3)10-12)11-19-17-9-7-13(2)18(20-5)15(17)4/h6-10,19H,11H2,1-5H3. The van der Waals surface area contributed by atoms with E-state index in [-0.39, 0.29) is 0 Å². The molecule has 0 unspecified atom stereocenters. The average molecular weight is 269 g/mol. The molecule has 0 aliphatic heterocycles. The van der Waals surface area contributed by atoms with Crippen LogP contribution in [-0.2, 0) is 6.54 Å². The SMILES string of the molecule is COc1c(C)ccc(NCc2ccc(C)cc2C)c1C. The van der Waals surface area contributed by atoms with Crippen molar-refractivity contribution in [3.05, 3.63) is 58.1 Å². The molecule has 2 nitrogen and oxygen atoms in total. The van der Waals surface area contributed by atoms with Gasteiger partial charge in [0.2, 0.25) is 0 Å². The van der Waals surface area contributed by atoms with E-state index >= 15 is 0 Å². The topological polar surface area (TPSA) is 21.3 Å². The summed E-state index contributed by atoms with van der Waals surface area (Å²) in [6, 6.07) is 10.8. The van der Waals surface area contributed by atoms with Crippen LogP contribution in [0.5, 0.6) is 5.75 Å². The van der Waals surface area contributed by atoms with E-state index in [9.17, 15) is 0 Å². The third-order valence-corrected chi connectivity index (χ3v) is 3.77. The van der Waals surface area contributed by atoms with Gasteiger partial charge in [-0.05, 0) is 50.5 Å². The van der Waals surface area contributed by atoms with E-state index in [1.807, 2.05) is 0 Å². The number of methoxy groups -OCH3 is 1. The van der Waals surface area contributed by atoms with Crippen molar-refractivity contribution in [1.29, 1.82) is 0 Å². The van der Waals surface area contributed by atoms with E-state index in [0.717, 1.165) is 23.5 Å². The molecule has 2 aromatic rings. The smallest absolute Gasteiger partial charge is 0.126 e. The molecule has 0 amide bonds. The van der Waals surface area contributed by atoms with Crippen LogP contribution < -0.4 is 10.1 Å². The fourth-order valence-electron chi connectivity index (χ4n) is 2.57. The van der Waals surface area contributed by atoms with E-state index < -0.39 is 0 Å². The van der Waals surface area contributed by atoms with Gasteiger partial charge in [0, 0.05) is 17.8 Å². The van der Waals surface area contributed by atoms with Crippen LogP contribution in [0.15, 0.2) is 30.3 Å². The van der Waals surface area contributed by atoms with Crippen molar-refractivity contribution >= 4 is 5.69 Å². The van der Waals surface area contributed by atoms with Gasteiger partial charge in [-0.2, -0.15) is 0 Å². The molecule has 106 valence electrons. The number of aryl methyl sites for hydroxylation is 3. The molecule has 0 spiro atoms. The summed E-state index contributed by atoms with van der Waals surface area (Å²) in [7, 11) is 1.73. The van der Waals surface area contributed by atoms with E-state index in [1.165, 1.54) is 22.3 Å². The first-order chi connectivity index (χ1) is 9.52. The fraction of sp³-hybridized carbons (Fsp3) is 0.333. The molecule has 2 aromatic carbocycles. The zero-order chi connectivity index (χ0) is 14.7. The molecule has 0 aliphatic rings. The molecule has 2 rings (SSSR count). The predicted molar refractivity (Wildman–Crippen MR) is 85.7 cm³/mol. The van der Waals surface area contributed by atoms with Crippen LogP contribution in [0.25, 0.3) is 0 Å². The van der Waals surface area contributed by atoms with Gasteiger partial charge in [-0.3, -0.25) is 0 Å². The molecule has 0 heterocycles. The zero-order valence-electron chi connectivity index (χ0n) is 13.0. The number of anilines is 1. The van der Waals surface area contributed by atoms with Crippen molar-refractivity contribution < 1.29 is 4.74 Å². The van der Waals surface area contributed by atoms with Crippen LogP contribution >= 0.6 is 0 Å². The summed E-state index contributed by atoms with van der Waals surface area (Å²) in [5, 5.41) is 3.51. The van der Waals surface area contributed by atoms with Crippen LogP contribution in [0.3, 0.4) is 0 Å². The van der Waals surface area contributed by atoms with Crippen LogP contribution in [-0.4, -0.2) is 7.11 Å². The zero-order valence-corrected chi connectivity index (χ0v) is 13.0. The summed E-state index contributed by atoms with van der Waals surface area (Å²) in [5.41, 5.74) is 7.43. The van der Waals surface area contributed by atoms with E-state index in [2.05, 4.69) is 63.3 Å². The third-order valence-electron chi connectivity index (χ3n) is 3.77. The monoisotopic (exact) mass is 269 g/mol. The maximum Gasteiger partial charge on any atom is 0.126 e. The normalized spacial score (nSPS) is 10.4. The van der Waals surface area contributed by atoms with E-state index in [0.29, 0.717) is 0 Å². The maximum absolute atomic E-state index is 5.47. The largest absolute Gasteiger partial charge is 0.496 e. The van der Waals surface area contributed by atoms with Crippen molar-refractivity contribution in [3.8, 4) is 5.75 Å². The molecule has 0 atom stereocenters. The lowest BCUT2D eigenvalue weighted by molar-refractivity contribution is 0.409. The van der Waals surface area contributed by atoms with E-state index in [1.54, 1.807) is 7.11 Å². The number of benzene rings is 2. The number of hydrogen-bond acceptors (Lipinski definition) is 2. The minimum atomic E-state index is 0.833. The highest BCUT2D eigenvalue weighted by molar-refractivity contribution is 5.59. The maximum atomic E-state index is 5.47. The van der Waals surface area contributed by atoms with Gasteiger partial charge in [-0.15, -0.1) is 0 Å². The predicted octanol–water partition coefficient (Wildman–Crippen LogP) is 4.54. The Kier molecular flexibility index (Phi) is 4.33. The molecular formula is C18H23NO. The number of hydrogen-bond donors (Lipinski definition) is 1. The molecule has 0 aliphatic carbocycles. The van der Waals surface area contributed by atoms with E-state index in [4.69, 9.17) is 4.74 Å². The average Bonchev–Trinajstić information content (AvgIpc) is 2.40. The quantitative estimate of drug-likeness (QED) is 0.879. The summed E-state index contributed by atoms with van der Waals surface area (Å²) < 4.78 is 5.47. The lowest BCUT2D eigenvalue weighted by Crippen LogP contribution is -2.04. The Hall–Kier alpha value is -1.96. The summed E-state index contributed by atoms with van der Waals surface area (Å²) in [6.45, 7) is 9.28. The summed E-state index contributed by atoms with van der Waals surface area (Å²) in [5.74, 6) is 0.968. The van der Waals surface area contributed by atoms with Crippen LogP contribution in [0, 0.1) is 27.7 Å². The van der Waals surface area contributed by atoms with Gasteiger partial charge in [0.25, 0.3) is 0 Å². The molecule has 1 N–H and O–H groups in total. The van der Waals surface area contributed by atoms with Gasteiger partial charge in [-0.1, -0.05) is 29.8 Å². The van der Waals surface area contributed by atoms with Crippen LogP contribution in [0.1, 0.15) is 27.8 Å². The number of ether oxygens (including phenoxy) is 1. The number of rotatable bonds is 4. The second-order valence-electron chi connectivity index (χ2n) is 5.37. The highest BCUT2D eigenvalue weighted by Gasteiger charge is 2.08. The minimum Gasteiger partial charge on any atom is -0.496 e. The first-order valence-corrected chi connectivity index (χ1v) is 6.97. The van der Waals surface area contributed by atoms with Gasteiger partial charge in [0.1, 0.15) is 5.75 Å². The second kappa shape index (κ2) is 6.00. The summed E-state index contributed by atoms with van der Waals surface area (Å²) >= 11 is 0. The molecule has 0 bridgehead atoms. The lowest BCUT2D eigenvalue weighted by Gasteiger charge is -2.15. The van der Waals surface area contributed by atoms with Crippen molar-refractivity contribution in [1.82, 2.24) is 0 Å². The van der Waals surface area contributed by atoms with Crippen molar-refractivity contribution in [3.63, 3.8) is 0 Å². The van der Waals surface area contributed by atoms with Gasteiger partial charge in [0.05, 0.1) is 7.11 Å². The molecular weight excluding hydrogens is 246 g/mol. The highest BCUT2D eigenvalue weighted by Crippen LogP contribution is 2.29. The first kappa shape index (κ1) is 14.4. The third kappa shape index (κ3) is 2.96. The molecule has 0 saturated heterocycles. The molecule has 0 fully saturated rings. The Morgan fingerprint density at radius 3 is 2.35 bits per heavy atom. The van der Waals surface area contributed by atoms with Gasteiger partial charge in [0.15, 0.2) is 0 Å². The van der Waals surface area contributed by atoms with Crippen molar-refractivity contribution in [2.75, 3.05) is 12.4 Å². The number of nitrogens with one attached hydrogen (secondary N) is 1. The molecule has 2 heteroatoms. The Morgan fingerprint density at radius 2 is 1.70 bits per heavy atom. The Bertz CT molecular complexity index is 617. The van der Waals surface area contributed by atoms with Crippen LogP contribution in [0.4, 0.5) is 5.69 Å². The van der Waals surface area contributed by atoms with Crippen LogP contribution in [0.2, 0.25) is 0 Å². The van der Waals surface area contributed by atoms with Gasteiger partial charge in [-0.25, -0.2) is 0 Å². The molecule has 20 heavy (non-hydrogen) atoms. The first-order valence-electron chi connectivity index (χ1n) is 6.97. The summed E-state index contributed by atoms with van der Waals surface area (Å²) in [6.07, 6.45) is 0. The Morgan fingerprint density at radius 1 is 0.950 bits per heavy atom. The van der Waals surface area contributed by atoms with Crippen molar-refractivity contribution in [2.45, 2.75) is 34.2 Å². The fourth-order valence-corrected chi connectivity index (χ4v) is 2.57. The summed E-state index contributed by atoms with van der Waals surface area (Å²) in [4.78, 5) is 0. The lowest BCUT2D eigenvalue weighted by atomic mass is 10.0. The molecule has 0 radical (unpaired) electrons.